The molecule has 0 saturated heterocycles. The Labute approximate surface area is 115 Å². The Kier molecular flexibility index (Phi) is 4.01. The Morgan fingerprint density at radius 2 is 2.06 bits per heavy atom. The van der Waals surface area contributed by atoms with Gasteiger partial charge in [-0.2, -0.15) is 0 Å². The summed E-state index contributed by atoms with van der Waals surface area (Å²) in [6.45, 7) is 2.01. The Balaban J connectivity index is 2.59. The summed E-state index contributed by atoms with van der Waals surface area (Å²) in [4.78, 5) is 8.70. The zero-order valence-electron chi connectivity index (χ0n) is 9.74. The summed E-state index contributed by atoms with van der Waals surface area (Å²) in [5.41, 5.74) is 4.09. The second-order valence-electron chi connectivity index (χ2n) is 3.67. The largest absolute Gasteiger partial charge is 0.308 e. The second kappa shape index (κ2) is 5.52. The molecule has 0 saturated carbocycles. The van der Waals surface area contributed by atoms with Crippen LogP contribution in [-0.2, 0) is 6.42 Å². The highest BCUT2D eigenvalue weighted by atomic mass is 35.5. The molecule has 0 amide bonds. The average Bonchev–Trinajstić information content (AvgIpc) is 2.41. The van der Waals surface area contributed by atoms with Crippen LogP contribution in [-0.4, -0.2) is 9.97 Å². The molecule has 18 heavy (non-hydrogen) atoms. The summed E-state index contributed by atoms with van der Waals surface area (Å²) < 4.78 is 0. The number of nitrogens with zero attached hydrogens (tertiary/aromatic N) is 2. The number of hydrazine groups is 1. The van der Waals surface area contributed by atoms with E-state index in [0.717, 1.165) is 12.1 Å². The van der Waals surface area contributed by atoms with Crippen molar-refractivity contribution in [2.45, 2.75) is 13.3 Å². The van der Waals surface area contributed by atoms with Gasteiger partial charge >= 0.3 is 0 Å². The maximum atomic E-state index is 6.16. The van der Waals surface area contributed by atoms with Crippen molar-refractivity contribution in [3.8, 4) is 11.4 Å². The van der Waals surface area contributed by atoms with Crippen molar-refractivity contribution >= 4 is 29.0 Å². The first-order valence-corrected chi connectivity index (χ1v) is 6.20. The number of benzene rings is 1. The molecule has 0 unspecified atom stereocenters. The number of halogens is 2. The lowest BCUT2D eigenvalue weighted by Crippen LogP contribution is -2.10. The molecule has 2 rings (SSSR count). The maximum Gasteiger partial charge on any atom is 0.163 e. The van der Waals surface area contributed by atoms with E-state index in [0.29, 0.717) is 27.3 Å². The minimum absolute atomic E-state index is 0.440. The molecule has 0 spiro atoms. The maximum absolute atomic E-state index is 6.16. The van der Waals surface area contributed by atoms with E-state index >= 15 is 0 Å². The first-order chi connectivity index (χ1) is 8.65. The standard InChI is InChI=1S/C12H12Cl2N4/c1-2-7-6-10(18-15)17-12(16-7)8-4-3-5-9(13)11(8)14/h3-6H,2,15H2,1H3,(H,16,17,18). The van der Waals surface area contributed by atoms with E-state index in [1.807, 2.05) is 13.0 Å². The molecule has 0 radical (unpaired) electrons. The van der Waals surface area contributed by atoms with Crippen LogP contribution in [0.2, 0.25) is 10.0 Å². The molecule has 0 aliphatic heterocycles. The van der Waals surface area contributed by atoms with Gasteiger partial charge in [0.1, 0.15) is 5.82 Å². The molecule has 0 fully saturated rings. The van der Waals surface area contributed by atoms with E-state index in [9.17, 15) is 0 Å². The Morgan fingerprint density at radius 3 is 2.72 bits per heavy atom. The molecule has 0 aliphatic carbocycles. The van der Waals surface area contributed by atoms with Crippen molar-refractivity contribution in [1.82, 2.24) is 9.97 Å². The van der Waals surface area contributed by atoms with Gasteiger partial charge in [-0.05, 0) is 18.6 Å². The molecule has 1 aromatic carbocycles. The number of nitrogen functional groups attached to an aromatic ring is 1. The highest BCUT2D eigenvalue weighted by molar-refractivity contribution is 6.43. The first-order valence-electron chi connectivity index (χ1n) is 5.44. The van der Waals surface area contributed by atoms with Crippen LogP contribution >= 0.6 is 23.2 Å². The molecule has 2 aromatic rings. The van der Waals surface area contributed by atoms with E-state index in [4.69, 9.17) is 29.0 Å². The van der Waals surface area contributed by atoms with Crippen LogP contribution in [0.15, 0.2) is 24.3 Å². The van der Waals surface area contributed by atoms with Crippen LogP contribution < -0.4 is 11.3 Å². The predicted molar refractivity (Wildman–Crippen MR) is 74.7 cm³/mol. The predicted octanol–water partition coefficient (Wildman–Crippen LogP) is 3.30. The topological polar surface area (TPSA) is 63.8 Å². The van der Waals surface area contributed by atoms with Gasteiger partial charge in [-0.3, -0.25) is 0 Å². The molecule has 1 heterocycles. The lowest BCUT2D eigenvalue weighted by molar-refractivity contribution is 1.00. The van der Waals surface area contributed by atoms with E-state index in [2.05, 4.69) is 15.4 Å². The fraction of sp³-hybridized carbons (Fsp3) is 0.167. The fourth-order valence-corrected chi connectivity index (χ4v) is 1.93. The highest BCUT2D eigenvalue weighted by Gasteiger charge is 2.11. The van der Waals surface area contributed by atoms with Crippen LogP contribution in [0.5, 0.6) is 0 Å². The minimum Gasteiger partial charge on any atom is -0.308 e. The van der Waals surface area contributed by atoms with Gasteiger partial charge in [0.15, 0.2) is 5.82 Å². The van der Waals surface area contributed by atoms with Crippen molar-refractivity contribution in [2.75, 3.05) is 5.43 Å². The lowest BCUT2D eigenvalue weighted by atomic mass is 10.2. The van der Waals surface area contributed by atoms with Crippen LogP contribution in [0.4, 0.5) is 5.82 Å². The molecule has 0 atom stereocenters. The number of hydrogen-bond donors (Lipinski definition) is 2. The summed E-state index contributed by atoms with van der Waals surface area (Å²) in [5, 5.41) is 0.914. The van der Waals surface area contributed by atoms with Gasteiger partial charge in [-0.1, -0.05) is 36.2 Å². The Bertz CT molecular complexity index is 550. The SMILES string of the molecule is CCc1cc(NN)nc(-c2cccc(Cl)c2Cl)n1. The zero-order chi connectivity index (χ0) is 13.1. The van der Waals surface area contributed by atoms with Gasteiger partial charge in [0.05, 0.1) is 10.0 Å². The quantitative estimate of drug-likeness (QED) is 0.670. The van der Waals surface area contributed by atoms with Gasteiger partial charge in [0.25, 0.3) is 0 Å². The first kappa shape index (κ1) is 13.1. The molecule has 6 heteroatoms. The van der Waals surface area contributed by atoms with Crippen molar-refractivity contribution in [3.05, 3.63) is 40.0 Å². The third-order valence-corrected chi connectivity index (χ3v) is 3.30. The molecule has 3 N–H and O–H groups in total. The van der Waals surface area contributed by atoms with Crippen molar-refractivity contribution < 1.29 is 0 Å². The summed E-state index contributed by atoms with van der Waals surface area (Å²) in [7, 11) is 0. The van der Waals surface area contributed by atoms with Crippen LogP contribution in [0.3, 0.4) is 0 Å². The van der Waals surface area contributed by atoms with Gasteiger partial charge < -0.3 is 5.43 Å². The summed E-state index contributed by atoms with van der Waals surface area (Å²) in [6.07, 6.45) is 0.780. The fourth-order valence-electron chi connectivity index (χ4n) is 1.55. The highest BCUT2D eigenvalue weighted by Crippen LogP contribution is 2.32. The normalized spacial score (nSPS) is 10.4. The Hall–Kier alpha value is -1.36. The van der Waals surface area contributed by atoms with Gasteiger partial charge in [0, 0.05) is 17.3 Å². The molecular weight excluding hydrogens is 271 g/mol. The molecular formula is C12H12Cl2N4. The number of hydrogen-bond acceptors (Lipinski definition) is 4. The monoisotopic (exact) mass is 282 g/mol. The van der Waals surface area contributed by atoms with Crippen molar-refractivity contribution in [3.63, 3.8) is 0 Å². The summed E-state index contributed by atoms with van der Waals surface area (Å²) >= 11 is 12.1. The molecule has 4 nitrogen and oxygen atoms in total. The Morgan fingerprint density at radius 1 is 1.28 bits per heavy atom. The number of aryl methyl sites for hydroxylation is 1. The van der Waals surface area contributed by atoms with Gasteiger partial charge in [-0.25, -0.2) is 15.8 Å². The van der Waals surface area contributed by atoms with E-state index < -0.39 is 0 Å². The van der Waals surface area contributed by atoms with Gasteiger partial charge in [0.2, 0.25) is 0 Å². The third kappa shape index (κ3) is 2.56. The van der Waals surface area contributed by atoms with E-state index in [1.165, 1.54) is 0 Å². The third-order valence-electron chi connectivity index (χ3n) is 2.48. The minimum atomic E-state index is 0.440. The lowest BCUT2D eigenvalue weighted by Gasteiger charge is -2.08. The van der Waals surface area contributed by atoms with Gasteiger partial charge in [-0.15, -0.1) is 0 Å². The van der Waals surface area contributed by atoms with Crippen LogP contribution in [0.25, 0.3) is 11.4 Å². The number of aromatic nitrogens is 2. The van der Waals surface area contributed by atoms with Crippen molar-refractivity contribution in [2.24, 2.45) is 5.84 Å². The van der Waals surface area contributed by atoms with Crippen LogP contribution in [0, 0.1) is 0 Å². The second-order valence-corrected chi connectivity index (χ2v) is 4.45. The summed E-state index contributed by atoms with van der Waals surface area (Å²) in [5.74, 6) is 6.45. The average molecular weight is 283 g/mol. The van der Waals surface area contributed by atoms with Crippen LogP contribution in [0.1, 0.15) is 12.6 Å². The van der Waals surface area contributed by atoms with Crippen molar-refractivity contribution in [1.29, 1.82) is 0 Å². The molecule has 94 valence electrons. The summed E-state index contributed by atoms with van der Waals surface area (Å²) in [6, 6.07) is 7.14. The molecule has 1 aromatic heterocycles. The molecule has 0 aliphatic rings. The van der Waals surface area contributed by atoms with E-state index in [1.54, 1.807) is 18.2 Å². The number of nitrogens with two attached hydrogens (primary N) is 1. The van der Waals surface area contributed by atoms with E-state index in [-0.39, 0.29) is 0 Å². The molecule has 0 bridgehead atoms. The number of nitrogens with one attached hydrogen (secondary N) is 1. The zero-order valence-corrected chi connectivity index (χ0v) is 11.3. The number of rotatable bonds is 3. The number of anilines is 1. The smallest absolute Gasteiger partial charge is 0.163 e.